The molecule has 0 aliphatic carbocycles. The van der Waals surface area contributed by atoms with E-state index >= 15 is 0 Å². The number of hydrogen-bond acceptors (Lipinski definition) is 13. The number of rotatable bonds is 3. The molecule has 0 amide bonds. The number of fused-ring (bicyclic) bond motifs is 2. The van der Waals surface area contributed by atoms with Gasteiger partial charge in [0, 0.05) is 46.9 Å². The van der Waals surface area contributed by atoms with E-state index in [1.165, 1.54) is 18.2 Å². The average Bonchev–Trinajstić information content (AvgIpc) is 2.94. The van der Waals surface area contributed by atoms with Gasteiger partial charge in [0.2, 0.25) is 0 Å². The van der Waals surface area contributed by atoms with Crippen molar-refractivity contribution in [3.05, 3.63) is 76.3 Å². The lowest BCUT2D eigenvalue weighted by Crippen LogP contribution is -2.36. The van der Waals surface area contributed by atoms with E-state index in [4.69, 9.17) is 9.47 Å². The fraction of sp³-hybridized carbons (Fsp3) is 0.200. The Labute approximate surface area is 242 Å². The summed E-state index contributed by atoms with van der Waals surface area (Å²) in [7, 11) is 0. The predicted molar refractivity (Wildman–Crippen MR) is 145 cm³/mol. The molecular formula is C30H26O13. The maximum Gasteiger partial charge on any atom is 0.200 e. The Morgan fingerprint density at radius 3 is 1.88 bits per heavy atom. The summed E-state index contributed by atoms with van der Waals surface area (Å²) >= 11 is 0. The standard InChI is InChI=1S/C30H26O13/c31-12-6-17(35)23-22(7-12)42-29(11-4-19(37)26(40)20(38)5-11)27(41)25(23)24-18(36)9-15(33)13-8-21(39)28(43-30(13)24)10-1-2-14(32)16(34)3-10/h1-7,9,21,25,27-29,31-41H,8H2/t21-,25-,27-,28+,29-/m1/s1. The van der Waals surface area contributed by atoms with E-state index in [0.29, 0.717) is 0 Å². The van der Waals surface area contributed by atoms with Crippen molar-refractivity contribution >= 4 is 0 Å². The molecule has 5 atom stereocenters. The topological polar surface area (TPSA) is 241 Å². The lowest BCUT2D eigenvalue weighted by Gasteiger charge is -2.40. The molecule has 0 saturated carbocycles. The summed E-state index contributed by atoms with van der Waals surface area (Å²) in [5.41, 5.74) is 0.0126. The van der Waals surface area contributed by atoms with Crippen molar-refractivity contribution in [2.45, 2.75) is 36.8 Å². The van der Waals surface area contributed by atoms with E-state index < -0.39 is 82.1 Å². The number of aromatic hydroxyl groups is 9. The number of ether oxygens (including phenoxy) is 2. The molecule has 6 rings (SSSR count). The summed E-state index contributed by atoms with van der Waals surface area (Å²) in [6.45, 7) is 0. The summed E-state index contributed by atoms with van der Waals surface area (Å²) in [5.74, 6) is -6.87. The first-order valence-electron chi connectivity index (χ1n) is 12.9. The van der Waals surface area contributed by atoms with Crippen LogP contribution < -0.4 is 9.47 Å². The third-order valence-electron chi connectivity index (χ3n) is 7.77. The van der Waals surface area contributed by atoms with E-state index in [-0.39, 0.29) is 45.7 Å². The van der Waals surface area contributed by atoms with Crippen LogP contribution in [0.4, 0.5) is 0 Å². The fourth-order valence-corrected chi connectivity index (χ4v) is 5.78. The fourth-order valence-electron chi connectivity index (χ4n) is 5.78. The highest BCUT2D eigenvalue weighted by Crippen LogP contribution is 2.57. The SMILES string of the molecule is Oc1cc(O)c2c(c1)O[C@H](c1cc(O)c(O)c(O)c1)[C@H](O)[C@H]2c1c(O)cc(O)c2c1O[C@@H](c1ccc(O)c(O)c1)[C@H](O)C2. The van der Waals surface area contributed by atoms with Crippen molar-refractivity contribution in [3.8, 4) is 63.2 Å². The van der Waals surface area contributed by atoms with Crippen LogP contribution in [0.15, 0.2) is 48.5 Å². The van der Waals surface area contributed by atoms with Gasteiger partial charge in [-0.25, -0.2) is 0 Å². The van der Waals surface area contributed by atoms with Gasteiger partial charge in [0.05, 0.1) is 12.0 Å². The summed E-state index contributed by atoms with van der Waals surface area (Å²) < 4.78 is 12.0. The molecule has 11 N–H and O–H groups in total. The van der Waals surface area contributed by atoms with Crippen molar-refractivity contribution in [3.63, 3.8) is 0 Å². The van der Waals surface area contributed by atoms with Crippen molar-refractivity contribution in [1.29, 1.82) is 0 Å². The van der Waals surface area contributed by atoms with Crippen LogP contribution in [0, 0.1) is 0 Å². The second-order valence-electron chi connectivity index (χ2n) is 10.5. The van der Waals surface area contributed by atoms with E-state index in [0.717, 1.165) is 30.3 Å². The van der Waals surface area contributed by atoms with Gasteiger partial charge in [-0.3, -0.25) is 0 Å². The summed E-state index contributed by atoms with van der Waals surface area (Å²) in [4.78, 5) is 0. The van der Waals surface area contributed by atoms with Crippen LogP contribution in [-0.2, 0) is 6.42 Å². The Balaban J connectivity index is 1.56. The Hall–Kier alpha value is -5.40. The number of phenolic OH excluding ortho intramolecular Hbond substituents is 9. The van der Waals surface area contributed by atoms with Gasteiger partial charge in [-0.15, -0.1) is 0 Å². The molecule has 0 fully saturated rings. The molecule has 4 aromatic rings. The van der Waals surface area contributed by atoms with Crippen LogP contribution >= 0.6 is 0 Å². The van der Waals surface area contributed by atoms with Crippen LogP contribution in [-0.4, -0.2) is 68.4 Å². The molecule has 224 valence electrons. The smallest absolute Gasteiger partial charge is 0.200 e. The zero-order chi connectivity index (χ0) is 30.9. The number of benzene rings is 4. The third kappa shape index (κ3) is 4.42. The normalized spacial score (nSPS) is 22.6. The van der Waals surface area contributed by atoms with Gasteiger partial charge in [-0.2, -0.15) is 0 Å². The molecule has 13 nitrogen and oxygen atoms in total. The van der Waals surface area contributed by atoms with E-state index in [1.54, 1.807) is 0 Å². The largest absolute Gasteiger partial charge is 0.508 e. The molecule has 2 aliphatic heterocycles. The molecule has 2 heterocycles. The molecule has 2 aliphatic rings. The first-order chi connectivity index (χ1) is 20.3. The van der Waals surface area contributed by atoms with Crippen LogP contribution in [0.1, 0.15) is 45.9 Å². The lowest BCUT2D eigenvalue weighted by atomic mass is 9.77. The zero-order valence-corrected chi connectivity index (χ0v) is 21.9. The molecule has 0 spiro atoms. The van der Waals surface area contributed by atoms with Crippen molar-refractivity contribution < 1.29 is 65.6 Å². The first-order valence-corrected chi connectivity index (χ1v) is 12.9. The van der Waals surface area contributed by atoms with Gasteiger partial charge in [0.25, 0.3) is 0 Å². The van der Waals surface area contributed by atoms with E-state index in [1.807, 2.05) is 0 Å². The molecule has 0 unspecified atom stereocenters. The van der Waals surface area contributed by atoms with Crippen molar-refractivity contribution in [1.82, 2.24) is 0 Å². The van der Waals surface area contributed by atoms with E-state index in [2.05, 4.69) is 0 Å². The number of hydrogen-bond donors (Lipinski definition) is 11. The molecule has 13 heteroatoms. The highest BCUT2D eigenvalue weighted by molar-refractivity contribution is 5.66. The second kappa shape index (κ2) is 9.86. The van der Waals surface area contributed by atoms with E-state index in [9.17, 15) is 56.2 Å². The Kier molecular flexibility index (Phi) is 6.36. The zero-order valence-electron chi connectivity index (χ0n) is 21.9. The predicted octanol–water partition coefficient (Wildman–Crippen LogP) is 2.70. The van der Waals surface area contributed by atoms with Gasteiger partial charge in [-0.1, -0.05) is 6.07 Å². The Bertz CT molecular complexity index is 1750. The highest BCUT2D eigenvalue weighted by atomic mass is 16.5. The van der Waals surface area contributed by atoms with Crippen LogP contribution in [0.25, 0.3) is 0 Å². The maximum atomic E-state index is 11.8. The second-order valence-corrected chi connectivity index (χ2v) is 10.5. The lowest BCUT2D eigenvalue weighted by molar-refractivity contribution is 0.00108. The maximum absolute atomic E-state index is 11.8. The van der Waals surface area contributed by atoms with Crippen LogP contribution in [0.3, 0.4) is 0 Å². The molecule has 0 bridgehead atoms. The van der Waals surface area contributed by atoms with Gasteiger partial charge in [0.1, 0.15) is 46.7 Å². The number of aliphatic hydroxyl groups excluding tert-OH is 2. The average molecular weight is 595 g/mol. The Morgan fingerprint density at radius 2 is 1.21 bits per heavy atom. The molecule has 4 aromatic carbocycles. The molecule has 0 saturated heterocycles. The van der Waals surface area contributed by atoms with Gasteiger partial charge in [-0.05, 0) is 29.8 Å². The van der Waals surface area contributed by atoms with Crippen molar-refractivity contribution in [2.75, 3.05) is 0 Å². The Morgan fingerprint density at radius 1 is 0.558 bits per heavy atom. The third-order valence-corrected chi connectivity index (χ3v) is 7.77. The molecule has 0 radical (unpaired) electrons. The van der Waals surface area contributed by atoms with Gasteiger partial charge in [0.15, 0.2) is 34.9 Å². The number of aliphatic hydroxyl groups is 2. The minimum absolute atomic E-state index is 0.0281. The minimum Gasteiger partial charge on any atom is -0.508 e. The summed E-state index contributed by atoms with van der Waals surface area (Å²) in [6.07, 6.45) is -5.81. The van der Waals surface area contributed by atoms with Crippen molar-refractivity contribution in [2.24, 2.45) is 0 Å². The quantitative estimate of drug-likeness (QED) is 0.153. The summed E-state index contributed by atoms with van der Waals surface area (Å²) in [6, 6.07) is 8.90. The van der Waals surface area contributed by atoms with Crippen LogP contribution in [0.5, 0.6) is 63.2 Å². The minimum atomic E-state index is -1.71. The summed E-state index contributed by atoms with van der Waals surface area (Å²) in [5, 5.41) is 116. The number of phenols is 9. The molecule has 43 heavy (non-hydrogen) atoms. The van der Waals surface area contributed by atoms with Gasteiger partial charge >= 0.3 is 0 Å². The van der Waals surface area contributed by atoms with Gasteiger partial charge < -0.3 is 65.6 Å². The first kappa shape index (κ1) is 27.8. The molecular weight excluding hydrogens is 568 g/mol. The van der Waals surface area contributed by atoms with Crippen LogP contribution in [0.2, 0.25) is 0 Å². The monoisotopic (exact) mass is 594 g/mol. The molecule has 0 aromatic heterocycles. The highest BCUT2D eigenvalue weighted by Gasteiger charge is 2.46.